The summed E-state index contributed by atoms with van der Waals surface area (Å²) in [6.45, 7) is 8.57. The summed E-state index contributed by atoms with van der Waals surface area (Å²) in [6.07, 6.45) is 2.04. The Bertz CT molecular complexity index is 877. The molecule has 174 valence electrons. The molecule has 0 saturated carbocycles. The molecule has 0 amide bonds. The van der Waals surface area contributed by atoms with Crippen LogP contribution in [0.1, 0.15) is 38.8 Å². The van der Waals surface area contributed by atoms with Gasteiger partial charge in [0.25, 0.3) is 0 Å². The summed E-state index contributed by atoms with van der Waals surface area (Å²) in [5.41, 5.74) is -0.442. The Kier molecular flexibility index (Phi) is 6.95. The van der Waals surface area contributed by atoms with Crippen LogP contribution in [0.25, 0.3) is 11.4 Å². The second-order valence-electron chi connectivity index (χ2n) is 8.91. The molecule has 0 N–H and O–H groups in total. The van der Waals surface area contributed by atoms with Crippen molar-refractivity contribution in [3.8, 4) is 11.4 Å². The van der Waals surface area contributed by atoms with Crippen LogP contribution in [0.2, 0.25) is 0 Å². The molecule has 0 spiro atoms. The van der Waals surface area contributed by atoms with Crippen molar-refractivity contribution < 1.29 is 17.9 Å². The number of rotatable bonds is 5. The lowest BCUT2D eigenvalue weighted by Crippen LogP contribution is -2.46. The van der Waals surface area contributed by atoms with Gasteiger partial charge in [-0.15, -0.1) is 0 Å². The molecule has 2 atom stereocenters. The maximum Gasteiger partial charge on any atom is 0.433 e. The van der Waals surface area contributed by atoms with Crippen LogP contribution in [0.4, 0.5) is 19.0 Å². The van der Waals surface area contributed by atoms with Gasteiger partial charge in [0.15, 0.2) is 11.5 Å². The van der Waals surface area contributed by atoms with Gasteiger partial charge >= 0.3 is 6.18 Å². The molecule has 32 heavy (non-hydrogen) atoms. The molecule has 6 nitrogen and oxygen atoms in total. The smallest absolute Gasteiger partial charge is 0.373 e. The number of alkyl halides is 3. The van der Waals surface area contributed by atoms with Crippen molar-refractivity contribution in [2.24, 2.45) is 5.92 Å². The lowest BCUT2D eigenvalue weighted by atomic mass is 9.93. The van der Waals surface area contributed by atoms with Crippen molar-refractivity contribution in [2.75, 3.05) is 37.6 Å². The summed E-state index contributed by atoms with van der Waals surface area (Å²) in [5.74, 6) is 0.961. The predicted molar refractivity (Wildman–Crippen MR) is 116 cm³/mol. The van der Waals surface area contributed by atoms with Crippen molar-refractivity contribution in [3.63, 3.8) is 0 Å². The van der Waals surface area contributed by atoms with E-state index in [1.807, 2.05) is 4.90 Å². The Morgan fingerprint density at radius 1 is 1.09 bits per heavy atom. The van der Waals surface area contributed by atoms with Gasteiger partial charge in [-0.2, -0.15) is 13.2 Å². The first-order valence-electron chi connectivity index (χ1n) is 11.3. The lowest BCUT2D eigenvalue weighted by molar-refractivity contribution is -0.141. The maximum absolute atomic E-state index is 13.5. The van der Waals surface area contributed by atoms with Crippen molar-refractivity contribution in [2.45, 2.75) is 51.5 Å². The van der Waals surface area contributed by atoms with Crippen molar-refractivity contribution >= 4 is 5.82 Å². The van der Waals surface area contributed by atoms with Crippen molar-refractivity contribution in [1.82, 2.24) is 19.9 Å². The number of hydrogen-bond donors (Lipinski definition) is 0. The minimum absolute atomic E-state index is 0.0561. The number of halogens is 3. The molecule has 0 radical (unpaired) electrons. The molecule has 9 heteroatoms. The van der Waals surface area contributed by atoms with E-state index >= 15 is 0 Å². The van der Waals surface area contributed by atoms with Crippen LogP contribution in [0, 0.1) is 5.92 Å². The third kappa shape index (κ3) is 5.75. The van der Waals surface area contributed by atoms with E-state index in [9.17, 15) is 13.2 Å². The third-order valence-electron chi connectivity index (χ3n) is 6.21. The van der Waals surface area contributed by atoms with Gasteiger partial charge in [-0.1, -0.05) is 0 Å². The highest BCUT2D eigenvalue weighted by Gasteiger charge is 2.35. The minimum Gasteiger partial charge on any atom is -0.373 e. The molecule has 2 fully saturated rings. The van der Waals surface area contributed by atoms with E-state index in [2.05, 4.69) is 33.7 Å². The summed E-state index contributed by atoms with van der Waals surface area (Å²) in [6, 6.07) is 4.41. The first-order valence-corrected chi connectivity index (χ1v) is 11.3. The molecule has 2 aromatic heterocycles. The largest absolute Gasteiger partial charge is 0.433 e. The fourth-order valence-corrected chi connectivity index (χ4v) is 4.65. The Morgan fingerprint density at radius 3 is 2.44 bits per heavy atom. The third-order valence-corrected chi connectivity index (χ3v) is 6.21. The van der Waals surface area contributed by atoms with Gasteiger partial charge in [0.05, 0.1) is 12.2 Å². The van der Waals surface area contributed by atoms with Crippen LogP contribution in [-0.2, 0) is 10.9 Å². The Hall–Kier alpha value is -2.26. The zero-order valence-electron chi connectivity index (χ0n) is 18.6. The minimum atomic E-state index is -4.53. The number of morpholine rings is 1. The molecule has 2 aliphatic rings. The highest BCUT2D eigenvalue weighted by Crippen LogP contribution is 2.33. The molecule has 4 rings (SSSR count). The van der Waals surface area contributed by atoms with Crippen LogP contribution >= 0.6 is 0 Å². The number of ether oxygens (including phenoxy) is 1. The number of piperidine rings is 1. The maximum atomic E-state index is 13.5. The fraction of sp³-hybridized carbons (Fsp3) is 0.609. The van der Waals surface area contributed by atoms with Gasteiger partial charge in [-0.05, 0) is 57.7 Å². The standard InChI is InChI=1S/C23H30F3N5O/c1-16-14-30(15-17(2)32-16)9-5-18-6-10-31(11-7-18)21-12-20(23(24,25)26)28-22(29-21)19-4-3-8-27-13-19/h3-4,8,12-13,16-18H,5-7,9-11,14-15H2,1-2H3. The monoisotopic (exact) mass is 449 g/mol. The number of hydrogen-bond acceptors (Lipinski definition) is 6. The van der Waals surface area contributed by atoms with E-state index in [0.29, 0.717) is 30.4 Å². The lowest BCUT2D eigenvalue weighted by Gasteiger charge is -2.37. The van der Waals surface area contributed by atoms with Crippen LogP contribution in [-0.4, -0.2) is 64.8 Å². The molecule has 0 aromatic carbocycles. The SMILES string of the molecule is CC1CN(CCC2CCN(c3cc(C(F)(F)F)nc(-c4cccnc4)n3)CC2)CC(C)O1. The summed E-state index contributed by atoms with van der Waals surface area (Å²) in [5, 5.41) is 0. The molecular formula is C23H30F3N5O. The number of nitrogens with zero attached hydrogens (tertiary/aromatic N) is 5. The fourth-order valence-electron chi connectivity index (χ4n) is 4.65. The number of pyridine rings is 1. The van der Waals surface area contributed by atoms with E-state index < -0.39 is 11.9 Å². The first kappa shape index (κ1) is 22.9. The zero-order valence-corrected chi connectivity index (χ0v) is 18.6. The highest BCUT2D eigenvalue weighted by atomic mass is 19.4. The average molecular weight is 450 g/mol. The molecule has 0 aliphatic carbocycles. The second-order valence-corrected chi connectivity index (χ2v) is 8.91. The van der Waals surface area contributed by atoms with Gasteiger partial charge in [0, 0.05) is 50.2 Å². The highest BCUT2D eigenvalue weighted by molar-refractivity contribution is 5.57. The summed E-state index contributed by atoms with van der Waals surface area (Å²) >= 11 is 0. The molecule has 2 aromatic rings. The van der Waals surface area contributed by atoms with E-state index in [1.54, 1.807) is 18.3 Å². The molecule has 4 heterocycles. The van der Waals surface area contributed by atoms with Crippen molar-refractivity contribution in [1.29, 1.82) is 0 Å². The Labute approximate surface area is 186 Å². The second kappa shape index (κ2) is 9.70. The Balaban J connectivity index is 1.40. The van der Waals surface area contributed by atoms with Gasteiger partial charge < -0.3 is 9.64 Å². The molecule has 2 aliphatic heterocycles. The molecule has 2 unspecified atom stereocenters. The molecule has 0 bridgehead atoms. The van der Waals surface area contributed by atoms with E-state index in [4.69, 9.17) is 4.74 Å². The quantitative estimate of drug-likeness (QED) is 0.680. The summed E-state index contributed by atoms with van der Waals surface area (Å²) < 4.78 is 46.3. The van der Waals surface area contributed by atoms with E-state index in [-0.39, 0.29) is 18.0 Å². The van der Waals surface area contributed by atoms with Gasteiger partial charge in [-0.25, -0.2) is 9.97 Å². The van der Waals surface area contributed by atoms with Crippen LogP contribution in [0.15, 0.2) is 30.6 Å². The summed E-state index contributed by atoms with van der Waals surface area (Å²) in [7, 11) is 0. The van der Waals surface area contributed by atoms with E-state index in [1.165, 1.54) is 6.20 Å². The Morgan fingerprint density at radius 2 is 1.81 bits per heavy atom. The van der Waals surface area contributed by atoms with Crippen LogP contribution in [0.3, 0.4) is 0 Å². The normalized spacial score (nSPS) is 23.5. The molecular weight excluding hydrogens is 419 g/mol. The van der Waals surface area contributed by atoms with Crippen molar-refractivity contribution in [3.05, 3.63) is 36.3 Å². The van der Waals surface area contributed by atoms with Gasteiger partial charge in [0.1, 0.15) is 5.82 Å². The van der Waals surface area contributed by atoms with E-state index in [0.717, 1.165) is 45.0 Å². The zero-order chi connectivity index (χ0) is 22.7. The van der Waals surface area contributed by atoms with Gasteiger partial charge in [-0.3, -0.25) is 9.88 Å². The van der Waals surface area contributed by atoms with Gasteiger partial charge in [0.2, 0.25) is 0 Å². The number of anilines is 1. The number of aromatic nitrogens is 3. The van der Waals surface area contributed by atoms with Crippen LogP contribution in [0.5, 0.6) is 0 Å². The molecule has 2 saturated heterocycles. The topological polar surface area (TPSA) is 54.4 Å². The summed E-state index contributed by atoms with van der Waals surface area (Å²) in [4.78, 5) is 16.6. The average Bonchev–Trinajstić information content (AvgIpc) is 2.77. The first-order chi connectivity index (χ1) is 15.3. The predicted octanol–water partition coefficient (Wildman–Crippen LogP) is 4.27. The van der Waals surface area contributed by atoms with Crippen LogP contribution < -0.4 is 4.90 Å².